The molecule has 37 heavy (non-hydrogen) atoms. The minimum atomic E-state index is -1.05. The second kappa shape index (κ2) is 10.7. The number of fused-ring (bicyclic) bond motifs is 1. The van der Waals surface area contributed by atoms with Gasteiger partial charge in [-0.1, -0.05) is 36.4 Å². The second-order valence-corrected chi connectivity index (χ2v) is 9.37. The average molecular weight is 499 g/mol. The van der Waals surface area contributed by atoms with Crippen molar-refractivity contribution < 1.29 is 29.0 Å². The van der Waals surface area contributed by atoms with E-state index in [0.717, 1.165) is 22.1 Å². The van der Waals surface area contributed by atoms with Gasteiger partial charge in [0.15, 0.2) is 17.1 Å². The lowest BCUT2D eigenvalue weighted by Gasteiger charge is -2.11. The van der Waals surface area contributed by atoms with Crippen LogP contribution in [-0.4, -0.2) is 29.1 Å². The molecule has 4 aromatic rings. The van der Waals surface area contributed by atoms with Crippen molar-refractivity contribution in [3.63, 3.8) is 0 Å². The Morgan fingerprint density at radius 1 is 0.973 bits per heavy atom. The van der Waals surface area contributed by atoms with Gasteiger partial charge in [-0.2, -0.15) is 0 Å². The highest BCUT2D eigenvalue weighted by molar-refractivity contribution is 6.00. The largest absolute Gasteiger partial charge is 0.508 e. The SMILES string of the molecule is COc1ccc(/C=C/C(=O)C[C@@H](Cc2ccc(C)c(O)c2)C(=O)O)c2cc(-c3ccc(C)c(C)c3)oc12. The fourth-order valence-corrected chi connectivity index (χ4v) is 4.27. The van der Waals surface area contributed by atoms with E-state index in [1.807, 2.05) is 31.2 Å². The molecule has 1 aromatic heterocycles. The number of carbonyl (C=O) groups is 2. The average Bonchev–Trinajstić information content (AvgIpc) is 3.32. The van der Waals surface area contributed by atoms with E-state index in [1.165, 1.54) is 11.6 Å². The van der Waals surface area contributed by atoms with Gasteiger partial charge >= 0.3 is 5.97 Å². The van der Waals surface area contributed by atoms with Crippen molar-refractivity contribution in [1.29, 1.82) is 0 Å². The van der Waals surface area contributed by atoms with E-state index < -0.39 is 11.9 Å². The highest BCUT2D eigenvalue weighted by Gasteiger charge is 2.21. The molecule has 0 spiro atoms. The van der Waals surface area contributed by atoms with Crippen molar-refractivity contribution in [3.8, 4) is 22.8 Å². The number of carboxylic acids is 1. The molecule has 0 amide bonds. The van der Waals surface area contributed by atoms with Crippen molar-refractivity contribution in [1.82, 2.24) is 0 Å². The van der Waals surface area contributed by atoms with Gasteiger partial charge in [0.05, 0.1) is 13.0 Å². The lowest BCUT2D eigenvalue weighted by atomic mass is 9.93. The first-order chi connectivity index (χ1) is 17.7. The van der Waals surface area contributed by atoms with Crippen LogP contribution in [0.1, 0.15) is 34.2 Å². The normalized spacial score (nSPS) is 12.2. The number of phenolic OH excluding ortho intramolecular Hbond substituents is 1. The molecule has 190 valence electrons. The smallest absolute Gasteiger partial charge is 0.307 e. The van der Waals surface area contributed by atoms with Crippen LogP contribution >= 0.6 is 0 Å². The van der Waals surface area contributed by atoms with Crippen LogP contribution in [0.5, 0.6) is 11.5 Å². The van der Waals surface area contributed by atoms with Crippen LogP contribution in [0.15, 0.2) is 65.1 Å². The molecule has 0 saturated carbocycles. The topological polar surface area (TPSA) is 97.0 Å². The van der Waals surface area contributed by atoms with Crippen molar-refractivity contribution in [2.24, 2.45) is 5.92 Å². The third-order valence-corrected chi connectivity index (χ3v) is 6.69. The van der Waals surface area contributed by atoms with E-state index in [4.69, 9.17) is 9.15 Å². The predicted octanol–water partition coefficient (Wildman–Crippen LogP) is 6.66. The molecule has 0 radical (unpaired) electrons. The summed E-state index contributed by atoms with van der Waals surface area (Å²) in [5, 5.41) is 20.4. The van der Waals surface area contributed by atoms with Crippen LogP contribution in [0.25, 0.3) is 28.4 Å². The molecule has 4 rings (SSSR count). The summed E-state index contributed by atoms with van der Waals surface area (Å²) in [4.78, 5) is 24.6. The molecule has 6 heteroatoms. The Morgan fingerprint density at radius 3 is 2.41 bits per heavy atom. The summed E-state index contributed by atoms with van der Waals surface area (Å²) in [6, 6.07) is 16.7. The summed E-state index contributed by atoms with van der Waals surface area (Å²) in [6.07, 6.45) is 3.09. The summed E-state index contributed by atoms with van der Waals surface area (Å²) >= 11 is 0. The number of allylic oxidation sites excluding steroid dienone is 1. The van der Waals surface area contributed by atoms with Crippen LogP contribution in [0, 0.1) is 26.7 Å². The number of carbonyl (C=O) groups excluding carboxylic acids is 1. The van der Waals surface area contributed by atoms with Crippen molar-refractivity contribution in [3.05, 3.63) is 88.5 Å². The molecule has 3 aromatic carbocycles. The zero-order valence-electron chi connectivity index (χ0n) is 21.4. The molecular formula is C31H30O6. The van der Waals surface area contributed by atoms with Crippen molar-refractivity contribution in [2.45, 2.75) is 33.6 Å². The van der Waals surface area contributed by atoms with Crippen LogP contribution in [0.4, 0.5) is 0 Å². The maximum absolute atomic E-state index is 12.8. The van der Waals surface area contributed by atoms with Gasteiger partial charge in [0, 0.05) is 17.4 Å². The Hall–Kier alpha value is -4.32. The third kappa shape index (κ3) is 5.75. The Kier molecular flexibility index (Phi) is 7.48. The summed E-state index contributed by atoms with van der Waals surface area (Å²) in [5.41, 5.74) is 6.01. The van der Waals surface area contributed by atoms with Crippen LogP contribution in [-0.2, 0) is 16.0 Å². The number of ether oxygens (including phenoxy) is 1. The van der Waals surface area contributed by atoms with E-state index in [-0.39, 0.29) is 24.4 Å². The third-order valence-electron chi connectivity index (χ3n) is 6.69. The molecule has 1 atom stereocenters. The van der Waals surface area contributed by atoms with Gasteiger partial charge < -0.3 is 19.4 Å². The monoisotopic (exact) mass is 498 g/mol. The number of hydrogen-bond acceptors (Lipinski definition) is 5. The standard InChI is InChI=1S/C31H30O6/c1-18-6-8-23(13-20(18)3)29-17-26-22(10-12-28(36-4)30(26)37-29)9-11-25(32)16-24(31(34)35)14-21-7-5-19(2)27(33)15-21/h5-13,15,17,24,33H,14,16H2,1-4H3,(H,34,35)/b11-9+/t24-/m1/s1. The molecule has 0 saturated heterocycles. The van der Waals surface area contributed by atoms with Gasteiger partial charge in [0.25, 0.3) is 0 Å². The van der Waals surface area contributed by atoms with E-state index in [1.54, 1.807) is 44.4 Å². The molecule has 0 bridgehead atoms. The second-order valence-electron chi connectivity index (χ2n) is 9.37. The van der Waals surface area contributed by atoms with Gasteiger partial charge in [-0.05, 0) is 85.4 Å². The molecule has 0 aliphatic heterocycles. The molecule has 1 heterocycles. The maximum atomic E-state index is 12.8. The number of benzene rings is 3. The summed E-state index contributed by atoms with van der Waals surface area (Å²) in [7, 11) is 1.58. The van der Waals surface area contributed by atoms with Gasteiger partial charge in [-0.3, -0.25) is 9.59 Å². The van der Waals surface area contributed by atoms with Crippen LogP contribution in [0.3, 0.4) is 0 Å². The summed E-state index contributed by atoms with van der Waals surface area (Å²) in [5.74, 6) is -0.874. The molecule has 0 aliphatic carbocycles. The molecule has 0 unspecified atom stereocenters. The van der Waals surface area contributed by atoms with Crippen LogP contribution < -0.4 is 4.74 Å². The number of aryl methyl sites for hydroxylation is 3. The Morgan fingerprint density at radius 2 is 1.73 bits per heavy atom. The van der Waals surface area contributed by atoms with Gasteiger partial charge in [0.2, 0.25) is 0 Å². The number of furan rings is 1. The Bertz CT molecular complexity index is 1510. The van der Waals surface area contributed by atoms with E-state index >= 15 is 0 Å². The highest BCUT2D eigenvalue weighted by Crippen LogP contribution is 2.36. The zero-order valence-corrected chi connectivity index (χ0v) is 21.4. The molecular weight excluding hydrogens is 468 g/mol. The Labute approximate surface area is 215 Å². The number of phenols is 1. The number of hydrogen-bond donors (Lipinski definition) is 2. The van der Waals surface area contributed by atoms with E-state index in [0.29, 0.717) is 28.2 Å². The number of methoxy groups -OCH3 is 1. The van der Waals surface area contributed by atoms with Gasteiger partial charge in [0.1, 0.15) is 11.5 Å². The number of aliphatic carboxylic acids is 1. The first-order valence-electron chi connectivity index (χ1n) is 12.1. The molecule has 2 N–H and O–H groups in total. The fraction of sp³-hybridized carbons (Fsp3) is 0.226. The quantitative estimate of drug-likeness (QED) is 0.251. The maximum Gasteiger partial charge on any atom is 0.307 e. The number of carboxylic acid groups (broad SMARTS) is 1. The first-order valence-corrected chi connectivity index (χ1v) is 12.1. The van der Waals surface area contributed by atoms with Gasteiger partial charge in [-0.15, -0.1) is 0 Å². The summed E-state index contributed by atoms with van der Waals surface area (Å²) < 4.78 is 11.6. The van der Waals surface area contributed by atoms with Crippen molar-refractivity contribution in [2.75, 3.05) is 7.11 Å². The van der Waals surface area contributed by atoms with E-state index in [9.17, 15) is 19.8 Å². The number of rotatable bonds is 9. The summed E-state index contributed by atoms with van der Waals surface area (Å²) in [6.45, 7) is 5.87. The zero-order chi connectivity index (χ0) is 26.7. The minimum absolute atomic E-state index is 0.108. The molecule has 0 aliphatic rings. The highest BCUT2D eigenvalue weighted by atomic mass is 16.5. The minimum Gasteiger partial charge on any atom is -0.508 e. The number of aromatic hydroxyl groups is 1. The van der Waals surface area contributed by atoms with Gasteiger partial charge in [-0.25, -0.2) is 0 Å². The lowest BCUT2D eigenvalue weighted by molar-refractivity contribution is -0.143. The lowest BCUT2D eigenvalue weighted by Crippen LogP contribution is -2.19. The van der Waals surface area contributed by atoms with Crippen LogP contribution in [0.2, 0.25) is 0 Å². The van der Waals surface area contributed by atoms with E-state index in [2.05, 4.69) is 13.0 Å². The predicted molar refractivity (Wildman–Crippen MR) is 144 cm³/mol. The fourth-order valence-electron chi connectivity index (χ4n) is 4.27. The number of ketones is 1. The molecule has 0 fully saturated rings. The Balaban J connectivity index is 1.58. The van der Waals surface area contributed by atoms with Crippen molar-refractivity contribution >= 4 is 28.8 Å². The first kappa shape index (κ1) is 25.8. The molecule has 6 nitrogen and oxygen atoms in total.